The summed E-state index contributed by atoms with van der Waals surface area (Å²) in [6.07, 6.45) is 2.04. The fourth-order valence-corrected chi connectivity index (χ4v) is 3.83. The lowest BCUT2D eigenvalue weighted by molar-refractivity contribution is 0.181. The Morgan fingerprint density at radius 2 is 1.79 bits per heavy atom. The van der Waals surface area contributed by atoms with Crippen LogP contribution < -0.4 is 14.8 Å². The van der Waals surface area contributed by atoms with Gasteiger partial charge in [0, 0.05) is 35.7 Å². The van der Waals surface area contributed by atoms with E-state index in [2.05, 4.69) is 9.88 Å². The molecule has 0 saturated carbocycles. The van der Waals surface area contributed by atoms with E-state index in [9.17, 15) is 4.79 Å². The summed E-state index contributed by atoms with van der Waals surface area (Å²) in [6, 6.07) is 16.5. The zero-order valence-electron chi connectivity index (χ0n) is 16.3. The lowest BCUT2D eigenvalue weighted by Gasteiger charge is -2.37. The first-order valence-corrected chi connectivity index (χ1v) is 9.68. The Morgan fingerprint density at radius 3 is 2.52 bits per heavy atom. The molecule has 0 unspecified atom stereocenters. The molecule has 29 heavy (non-hydrogen) atoms. The number of urea groups is 1. The highest BCUT2D eigenvalue weighted by Gasteiger charge is 2.32. The van der Waals surface area contributed by atoms with Gasteiger partial charge in [0.25, 0.3) is 0 Å². The van der Waals surface area contributed by atoms with E-state index in [1.165, 1.54) is 0 Å². The van der Waals surface area contributed by atoms with Gasteiger partial charge in [-0.2, -0.15) is 0 Å². The number of hydrogen-bond donors (Lipinski definition) is 1. The molecular weight excluding hydrogens is 390 g/mol. The fourth-order valence-electron chi connectivity index (χ4n) is 3.70. The maximum atomic E-state index is 13.2. The van der Waals surface area contributed by atoms with Gasteiger partial charge in [0.15, 0.2) is 11.5 Å². The molecule has 0 radical (unpaired) electrons. The number of rotatable bonds is 4. The monoisotopic (exact) mass is 411 g/mol. The van der Waals surface area contributed by atoms with Gasteiger partial charge in [-0.15, -0.1) is 0 Å². The van der Waals surface area contributed by atoms with E-state index in [-0.39, 0.29) is 12.1 Å². The Labute approximate surface area is 174 Å². The average Bonchev–Trinajstić information content (AvgIpc) is 3.23. The predicted molar refractivity (Wildman–Crippen MR) is 113 cm³/mol. The van der Waals surface area contributed by atoms with E-state index >= 15 is 0 Å². The number of halogens is 1. The van der Waals surface area contributed by atoms with Gasteiger partial charge in [-0.3, -0.25) is 0 Å². The van der Waals surface area contributed by atoms with Crippen molar-refractivity contribution in [1.29, 1.82) is 0 Å². The van der Waals surface area contributed by atoms with E-state index in [1.54, 1.807) is 38.5 Å². The van der Waals surface area contributed by atoms with Crippen molar-refractivity contribution in [2.75, 3.05) is 26.1 Å². The topological polar surface area (TPSA) is 55.7 Å². The van der Waals surface area contributed by atoms with Crippen LogP contribution in [0.1, 0.15) is 17.3 Å². The maximum Gasteiger partial charge on any atom is 0.322 e. The molecule has 150 valence electrons. The first kappa shape index (κ1) is 19.2. The molecule has 0 bridgehead atoms. The molecule has 2 heterocycles. The van der Waals surface area contributed by atoms with E-state index < -0.39 is 0 Å². The maximum absolute atomic E-state index is 13.2. The summed E-state index contributed by atoms with van der Waals surface area (Å²) in [6.45, 7) is 1.32. The molecule has 1 atom stereocenters. The molecule has 0 saturated heterocycles. The minimum absolute atomic E-state index is 0.167. The molecule has 0 spiro atoms. The molecule has 2 aromatic carbocycles. The number of amides is 2. The molecule has 1 aromatic heterocycles. The summed E-state index contributed by atoms with van der Waals surface area (Å²) in [7, 11) is 3.21. The van der Waals surface area contributed by atoms with Gasteiger partial charge in [-0.25, -0.2) is 4.79 Å². The van der Waals surface area contributed by atoms with Crippen molar-refractivity contribution in [3.05, 3.63) is 77.1 Å². The molecule has 1 aliphatic heterocycles. The van der Waals surface area contributed by atoms with Crippen LogP contribution in [0.5, 0.6) is 11.5 Å². The normalized spacial score (nSPS) is 15.6. The van der Waals surface area contributed by atoms with Crippen molar-refractivity contribution in [2.45, 2.75) is 12.6 Å². The van der Waals surface area contributed by atoms with Crippen molar-refractivity contribution in [1.82, 2.24) is 9.47 Å². The highest BCUT2D eigenvalue weighted by atomic mass is 35.5. The van der Waals surface area contributed by atoms with E-state index in [0.717, 1.165) is 17.8 Å². The van der Waals surface area contributed by atoms with Crippen LogP contribution in [0.4, 0.5) is 10.5 Å². The Bertz CT molecular complexity index is 1020. The highest BCUT2D eigenvalue weighted by molar-refractivity contribution is 6.30. The molecule has 2 amide bonds. The number of nitrogens with zero attached hydrogens (tertiary/aromatic N) is 2. The van der Waals surface area contributed by atoms with Crippen LogP contribution in [0.3, 0.4) is 0 Å². The number of fused-ring (bicyclic) bond motifs is 1. The van der Waals surface area contributed by atoms with Crippen LogP contribution in [0.15, 0.2) is 60.8 Å². The molecule has 4 rings (SSSR count). The smallest absolute Gasteiger partial charge is 0.322 e. The molecule has 3 aromatic rings. The van der Waals surface area contributed by atoms with Crippen LogP contribution in [-0.4, -0.2) is 36.3 Å². The summed E-state index contributed by atoms with van der Waals surface area (Å²) in [4.78, 5) is 15.0. The SMILES string of the molecule is COc1ccc([C@H]2c3cccn3CCN2C(=O)Nc2ccc(Cl)cc2)cc1OC. The number of ether oxygens (including phenoxy) is 2. The number of benzene rings is 2. The number of aromatic nitrogens is 1. The van der Waals surface area contributed by atoms with Gasteiger partial charge >= 0.3 is 6.03 Å². The number of anilines is 1. The first-order valence-electron chi connectivity index (χ1n) is 9.31. The second kappa shape index (κ2) is 8.09. The first-order chi connectivity index (χ1) is 14.1. The molecule has 0 aliphatic carbocycles. The Kier molecular flexibility index (Phi) is 5.36. The van der Waals surface area contributed by atoms with Crippen molar-refractivity contribution < 1.29 is 14.3 Å². The van der Waals surface area contributed by atoms with Gasteiger partial charge in [0.1, 0.15) is 0 Å². The Hall–Kier alpha value is -3.12. The third-order valence-electron chi connectivity index (χ3n) is 5.12. The summed E-state index contributed by atoms with van der Waals surface area (Å²) in [5, 5.41) is 3.60. The fraction of sp³-hybridized carbons (Fsp3) is 0.227. The number of carbonyl (C=O) groups is 1. The summed E-state index contributed by atoms with van der Waals surface area (Å²) in [5.74, 6) is 1.28. The summed E-state index contributed by atoms with van der Waals surface area (Å²) in [5.41, 5.74) is 2.70. The van der Waals surface area contributed by atoms with Gasteiger partial charge in [0.2, 0.25) is 0 Å². The molecule has 6 nitrogen and oxygen atoms in total. The summed E-state index contributed by atoms with van der Waals surface area (Å²) >= 11 is 5.95. The Morgan fingerprint density at radius 1 is 1.03 bits per heavy atom. The van der Waals surface area contributed by atoms with Crippen LogP contribution in [0.2, 0.25) is 5.02 Å². The van der Waals surface area contributed by atoms with E-state index in [1.807, 2.05) is 41.4 Å². The standard InChI is InChI=1S/C22H22ClN3O3/c1-28-19-10-5-15(14-20(19)29-2)21-18-4-3-11-25(18)12-13-26(21)22(27)24-17-8-6-16(23)7-9-17/h3-11,14,21H,12-13H2,1-2H3,(H,24,27)/t21-/m0/s1. The van der Waals surface area contributed by atoms with Gasteiger partial charge in [-0.1, -0.05) is 17.7 Å². The number of nitrogens with one attached hydrogen (secondary N) is 1. The van der Waals surface area contributed by atoms with Crippen LogP contribution in [0.25, 0.3) is 0 Å². The number of hydrogen-bond acceptors (Lipinski definition) is 3. The molecular formula is C22H22ClN3O3. The number of methoxy groups -OCH3 is 2. The third-order valence-corrected chi connectivity index (χ3v) is 5.37. The van der Waals surface area contributed by atoms with E-state index in [4.69, 9.17) is 21.1 Å². The van der Waals surface area contributed by atoms with Crippen molar-refractivity contribution in [3.8, 4) is 11.5 Å². The van der Waals surface area contributed by atoms with Crippen LogP contribution >= 0.6 is 11.6 Å². The Balaban J connectivity index is 1.69. The van der Waals surface area contributed by atoms with Gasteiger partial charge in [0.05, 0.1) is 20.3 Å². The van der Waals surface area contributed by atoms with Crippen LogP contribution in [0, 0.1) is 0 Å². The van der Waals surface area contributed by atoms with Crippen molar-refractivity contribution in [3.63, 3.8) is 0 Å². The highest BCUT2D eigenvalue weighted by Crippen LogP contribution is 2.37. The molecule has 0 fully saturated rings. The molecule has 1 N–H and O–H groups in total. The second-order valence-corrected chi connectivity index (χ2v) is 7.21. The second-order valence-electron chi connectivity index (χ2n) is 6.77. The average molecular weight is 412 g/mol. The zero-order valence-corrected chi connectivity index (χ0v) is 17.0. The lowest BCUT2D eigenvalue weighted by atomic mass is 9.99. The lowest BCUT2D eigenvalue weighted by Crippen LogP contribution is -2.44. The van der Waals surface area contributed by atoms with Gasteiger partial charge < -0.3 is 24.3 Å². The zero-order chi connectivity index (χ0) is 20.4. The third kappa shape index (κ3) is 3.76. The number of carbonyl (C=O) groups excluding carboxylic acids is 1. The van der Waals surface area contributed by atoms with Crippen molar-refractivity contribution in [2.24, 2.45) is 0 Å². The van der Waals surface area contributed by atoms with Gasteiger partial charge in [-0.05, 0) is 54.1 Å². The summed E-state index contributed by atoms with van der Waals surface area (Å²) < 4.78 is 13.0. The van der Waals surface area contributed by atoms with Crippen molar-refractivity contribution >= 4 is 23.3 Å². The van der Waals surface area contributed by atoms with E-state index in [0.29, 0.717) is 28.8 Å². The predicted octanol–water partition coefficient (Wildman–Crippen LogP) is 4.80. The quantitative estimate of drug-likeness (QED) is 0.671. The molecule has 7 heteroatoms. The van der Waals surface area contributed by atoms with Crippen LogP contribution in [-0.2, 0) is 6.54 Å². The largest absolute Gasteiger partial charge is 0.493 e. The molecule has 1 aliphatic rings. The minimum Gasteiger partial charge on any atom is -0.493 e. The minimum atomic E-state index is -0.245.